The molecule has 2 aromatic carbocycles. The highest BCUT2D eigenvalue weighted by atomic mass is 16.6. The highest BCUT2D eigenvalue weighted by Gasteiger charge is 2.18. The number of rotatable bonds is 14. The van der Waals surface area contributed by atoms with Crippen LogP contribution >= 0.6 is 0 Å². The lowest BCUT2D eigenvalue weighted by Crippen LogP contribution is -2.23. The van der Waals surface area contributed by atoms with Gasteiger partial charge in [-0.3, -0.25) is 0 Å². The lowest BCUT2D eigenvalue weighted by molar-refractivity contribution is -0.144. The maximum Gasteiger partial charge on any atom is 0.338 e. The minimum atomic E-state index is -0.562. The van der Waals surface area contributed by atoms with Gasteiger partial charge in [0, 0.05) is 22.6 Å². The second kappa shape index (κ2) is 15.1. The molecule has 0 bridgehead atoms. The van der Waals surface area contributed by atoms with Crippen molar-refractivity contribution in [1.82, 2.24) is 0 Å². The van der Waals surface area contributed by atoms with Gasteiger partial charge in [-0.05, 0) is 62.6 Å². The van der Waals surface area contributed by atoms with E-state index in [2.05, 4.69) is 19.7 Å². The molecule has 0 saturated carbocycles. The number of ether oxygens (including phenoxy) is 5. The first-order valence-corrected chi connectivity index (χ1v) is 12.4. The summed E-state index contributed by atoms with van der Waals surface area (Å²) in [7, 11) is 1.47. The predicted molar refractivity (Wildman–Crippen MR) is 149 cm³/mol. The van der Waals surface area contributed by atoms with Crippen LogP contribution in [0.3, 0.4) is 0 Å². The Morgan fingerprint density at radius 2 is 1.23 bits per heavy atom. The van der Waals surface area contributed by atoms with Crippen LogP contribution in [0.15, 0.2) is 78.9 Å². The molecule has 9 nitrogen and oxygen atoms in total. The Labute approximate surface area is 234 Å². The molecule has 0 spiro atoms. The zero-order valence-corrected chi connectivity index (χ0v) is 23.2. The highest BCUT2D eigenvalue weighted by Crippen LogP contribution is 2.33. The maximum atomic E-state index is 12.6. The minimum absolute atomic E-state index is 0.0159. The third kappa shape index (κ3) is 9.58. The fourth-order valence-electron chi connectivity index (χ4n) is 3.17. The van der Waals surface area contributed by atoms with Gasteiger partial charge in [-0.2, -0.15) is 0 Å². The van der Waals surface area contributed by atoms with E-state index < -0.39 is 29.8 Å². The first kappa shape index (κ1) is 31.6. The molecule has 0 aliphatic heterocycles. The molecule has 0 aliphatic rings. The molecule has 212 valence electrons. The number of benzene rings is 2. The van der Waals surface area contributed by atoms with Crippen LogP contribution in [0.25, 0.3) is 11.1 Å². The van der Waals surface area contributed by atoms with Gasteiger partial charge in [0.2, 0.25) is 0 Å². The summed E-state index contributed by atoms with van der Waals surface area (Å²) in [6, 6.07) is 11.9. The highest BCUT2D eigenvalue weighted by molar-refractivity contribution is 5.91. The van der Waals surface area contributed by atoms with Gasteiger partial charge in [0.1, 0.15) is 0 Å². The summed E-state index contributed by atoms with van der Waals surface area (Å²) < 4.78 is 26.4. The van der Waals surface area contributed by atoms with Gasteiger partial charge in [0.05, 0.1) is 32.5 Å². The molecule has 2 rings (SSSR count). The molecule has 0 amide bonds. The Morgan fingerprint density at radius 1 is 0.700 bits per heavy atom. The van der Waals surface area contributed by atoms with E-state index in [1.54, 1.807) is 49.4 Å². The van der Waals surface area contributed by atoms with Gasteiger partial charge >= 0.3 is 23.9 Å². The zero-order valence-electron chi connectivity index (χ0n) is 23.2. The third-order valence-corrected chi connectivity index (χ3v) is 5.53. The summed E-state index contributed by atoms with van der Waals surface area (Å²) >= 11 is 0. The number of carbonyl (C=O) groups is 4. The van der Waals surface area contributed by atoms with Crippen molar-refractivity contribution in [2.75, 3.05) is 26.9 Å². The first-order chi connectivity index (χ1) is 18.9. The normalized spacial score (nSPS) is 10.3. The van der Waals surface area contributed by atoms with E-state index in [1.807, 2.05) is 0 Å². The smallest absolute Gasteiger partial charge is 0.338 e. The minimum Gasteiger partial charge on any atom is -0.493 e. The molecule has 0 saturated heterocycles. The summed E-state index contributed by atoms with van der Waals surface area (Å²) in [5.41, 5.74) is 2.67. The van der Waals surface area contributed by atoms with Crippen LogP contribution in [0.5, 0.6) is 11.5 Å². The Morgan fingerprint density at radius 3 is 1.73 bits per heavy atom. The van der Waals surface area contributed by atoms with Gasteiger partial charge in [0.25, 0.3) is 0 Å². The average Bonchev–Trinajstić information content (AvgIpc) is 2.93. The first-order valence-electron chi connectivity index (χ1n) is 12.4. The second-order valence-electron chi connectivity index (χ2n) is 9.16. The monoisotopic (exact) mass is 550 g/mol. The molecule has 0 radical (unpaired) electrons. The van der Waals surface area contributed by atoms with Crippen LogP contribution in [-0.2, 0) is 28.6 Å². The maximum absolute atomic E-state index is 12.6. The molecule has 2 aromatic rings. The van der Waals surface area contributed by atoms with Gasteiger partial charge in [-0.25, -0.2) is 19.2 Å². The Kier molecular flexibility index (Phi) is 11.9. The van der Waals surface area contributed by atoms with Gasteiger partial charge in [-0.1, -0.05) is 37.9 Å². The predicted octanol–water partition coefficient (Wildman–Crippen LogP) is 5.25. The Balaban J connectivity index is 2.00. The SMILES string of the molecule is C=C(C)C(=O)OCC(CCOC(=O)c1ccc(-c2ccc(OC(=O)C(=C)C)c(OC)c2)cc1)COC(=O)C(=C)C. The standard InChI is InChI=1S/C31H34O9/c1-19(2)28(32)38-17-22(18-39-29(33)20(3)4)14-15-37-31(35)24-10-8-23(9-11-24)25-12-13-26(27(16-25)36-7)40-30(34)21(5)6/h8-13,16,22H,1,3,5,14-15,17-18H2,2,4,6-7H3. The van der Waals surface area contributed by atoms with Crippen LogP contribution in [0.1, 0.15) is 37.6 Å². The Hall–Kier alpha value is -4.66. The molecule has 0 unspecified atom stereocenters. The average molecular weight is 551 g/mol. The van der Waals surface area contributed by atoms with E-state index in [9.17, 15) is 19.2 Å². The molecule has 9 heteroatoms. The molecular weight excluding hydrogens is 516 g/mol. The van der Waals surface area contributed by atoms with Gasteiger partial charge < -0.3 is 23.7 Å². The number of esters is 4. The lowest BCUT2D eigenvalue weighted by atomic mass is 10.0. The zero-order chi connectivity index (χ0) is 29.8. The molecule has 0 fully saturated rings. The molecule has 0 N–H and O–H groups in total. The summed E-state index contributed by atoms with van der Waals surface area (Å²) in [6.45, 7) is 15.2. The van der Waals surface area contributed by atoms with Crippen LogP contribution < -0.4 is 9.47 Å². The van der Waals surface area contributed by atoms with E-state index in [-0.39, 0.29) is 42.3 Å². The van der Waals surface area contributed by atoms with Crippen molar-refractivity contribution in [2.24, 2.45) is 5.92 Å². The van der Waals surface area contributed by atoms with Crippen molar-refractivity contribution in [2.45, 2.75) is 27.2 Å². The van der Waals surface area contributed by atoms with Crippen molar-refractivity contribution in [3.05, 3.63) is 84.5 Å². The van der Waals surface area contributed by atoms with E-state index in [4.69, 9.17) is 23.7 Å². The Bertz CT molecular complexity index is 1260. The summed E-state index contributed by atoms with van der Waals surface area (Å²) in [4.78, 5) is 47.9. The van der Waals surface area contributed by atoms with E-state index in [0.717, 1.165) is 11.1 Å². The van der Waals surface area contributed by atoms with E-state index in [1.165, 1.54) is 21.0 Å². The molecule has 40 heavy (non-hydrogen) atoms. The van der Waals surface area contributed by atoms with Crippen LogP contribution in [0.2, 0.25) is 0 Å². The third-order valence-electron chi connectivity index (χ3n) is 5.53. The van der Waals surface area contributed by atoms with E-state index >= 15 is 0 Å². The van der Waals surface area contributed by atoms with Gasteiger partial charge in [0.15, 0.2) is 11.5 Å². The molecular formula is C31H34O9. The largest absolute Gasteiger partial charge is 0.493 e. The fraction of sp³-hybridized carbons (Fsp3) is 0.290. The molecule has 0 heterocycles. The van der Waals surface area contributed by atoms with Crippen LogP contribution in [0.4, 0.5) is 0 Å². The molecule has 0 aliphatic carbocycles. The number of methoxy groups -OCH3 is 1. The van der Waals surface area contributed by atoms with Crippen molar-refractivity contribution in [1.29, 1.82) is 0 Å². The van der Waals surface area contributed by atoms with Crippen LogP contribution in [0, 0.1) is 5.92 Å². The molecule has 0 atom stereocenters. The topological polar surface area (TPSA) is 114 Å². The van der Waals surface area contributed by atoms with Crippen molar-refractivity contribution in [3.8, 4) is 22.6 Å². The lowest BCUT2D eigenvalue weighted by Gasteiger charge is -2.17. The summed E-state index contributed by atoms with van der Waals surface area (Å²) in [5.74, 6) is -1.98. The van der Waals surface area contributed by atoms with E-state index in [0.29, 0.717) is 17.7 Å². The van der Waals surface area contributed by atoms with Crippen LogP contribution in [-0.4, -0.2) is 50.8 Å². The number of hydrogen-bond acceptors (Lipinski definition) is 9. The quantitative estimate of drug-likeness (QED) is 0.135. The van der Waals surface area contributed by atoms with Gasteiger partial charge in [-0.15, -0.1) is 0 Å². The second-order valence-corrected chi connectivity index (χ2v) is 9.16. The number of carbonyl (C=O) groups excluding carboxylic acids is 4. The fourth-order valence-corrected chi connectivity index (χ4v) is 3.17. The molecule has 0 aromatic heterocycles. The summed E-state index contributed by atoms with van der Waals surface area (Å²) in [6.07, 6.45) is 0.291. The summed E-state index contributed by atoms with van der Waals surface area (Å²) in [5, 5.41) is 0. The number of hydrogen-bond donors (Lipinski definition) is 0. The van der Waals surface area contributed by atoms with Crippen molar-refractivity contribution in [3.63, 3.8) is 0 Å². The van der Waals surface area contributed by atoms with Crippen molar-refractivity contribution < 1.29 is 42.9 Å². The van der Waals surface area contributed by atoms with Crippen molar-refractivity contribution >= 4 is 23.9 Å².